The summed E-state index contributed by atoms with van der Waals surface area (Å²) in [4.78, 5) is 0. The zero-order chi connectivity index (χ0) is 6.85. The van der Waals surface area contributed by atoms with Gasteiger partial charge in [0.25, 0.3) is 0 Å². The predicted octanol–water partition coefficient (Wildman–Crippen LogP) is -1.54. The molecule has 0 fully saturated rings. The number of nitrogens with one attached hydrogen (secondary N) is 2. The highest BCUT2D eigenvalue weighted by Crippen LogP contribution is 1.87. The molecule has 0 spiro atoms. The number of aliphatic hydroxyl groups excluding tert-OH is 1. The van der Waals surface area contributed by atoms with Crippen LogP contribution in [0.1, 0.15) is 0 Å². The molecule has 3 N–H and O–H groups in total. The highest BCUT2D eigenvalue weighted by molar-refractivity contribution is 7.96. The third-order valence-corrected chi connectivity index (χ3v) is 0.799. The Morgan fingerprint density at radius 3 is 3.12 bits per heavy atom. The summed E-state index contributed by atoms with van der Waals surface area (Å²) in [6, 6.07) is 0. The number of amidine groups is 1. The van der Waals surface area contributed by atoms with Crippen LogP contribution in [0.25, 0.3) is 0 Å². The fourth-order valence-corrected chi connectivity index (χ4v) is 0.471. The van der Waals surface area contributed by atoms with Gasteiger partial charge in [0, 0.05) is 0 Å². The van der Waals surface area contributed by atoms with E-state index in [0.29, 0.717) is 0 Å². The Morgan fingerprint density at radius 1 is 2.12 bits per heavy atom. The van der Waals surface area contributed by atoms with Crippen LogP contribution in [0.2, 0.25) is 1.41 Å². The van der Waals surface area contributed by atoms with E-state index in [1.165, 1.54) is 0 Å². The molecule has 0 aromatic heterocycles. The number of thiol groups is 1. The minimum absolute atomic E-state index is 0.198. The number of aliphatic hydroxyl groups is 1. The van der Waals surface area contributed by atoms with Gasteiger partial charge in [0.15, 0.2) is 6.58 Å². The molecule has 0 unspecified atom stereocenters. The average molecular weight is 135 g/mol. The molecule has 0 saturated heterocycles. The van der Waals surface area contributed by atoms with Crippen molar-refractivity contribution in [2.24, 2.45) is 5.10 Å². The Morgan fingerprint density at radius 2 is 2.88 bits per heavy atom. The van der Waals surface area contributed by atoms with E-state index in [1.54, 1.807) is 0 Å². The van der Waals surface area contributed by atoms with Crippen LogP contribution in [0, 0.1) is 0 Å². The lowest BCUT2D eigenvalue weighted by molar-refractivity contribution is 0.0509. The second-order valence-corrected chi connectivity index (χ2v) is 1.55. The molecule has 0 radical (unpaired) electrons. The number of rotatable bonds is 1. The Labute approximate surface area is 53.2 Å². The van der Waals surface area contributed by atoms with E-state index in [1.807, 2.05) is 0 Å². The monoisotopic (exact) mass is 135 g/mol. The maximum Gasteiger partial charge on any atom is 0.194 e. The van der Waals surface area contributed by atoms with Crippen molar-refractivity contribution >= 4 is 17.8 Å². The molecule has 0 bridgehead atoms. The van der Waals surface area contributed by atoms with Gasteiger partial charge in [-0.15, -0.1) is 17.7 Å². The van der Waals surface area contributed by atoms with Gasteiger partial charge in [-0.2, -0.15) is 0 Å². The molecular weight excluding hydrogens is 128 g/mol. The summed E-state index contributed by atoms with van der Waals surface area (Å²) in [6.45, 7) is -0.308. The molecule has 6 heteroatoms. The molecule has 0 saturated carbocycles. The summed E-state index contributed by atoms with van der Waals surface area (Å²) in [5.41, 5.74) is 3.18. The first-order valence-corrected chi connectivity index (χ1v) is 2.40. The van der Waals surface area contributed by atoms with Gasteiger partial charge in [-0.05, 0) is 0 Å². The largest absolute Gasteiger partial charge is 0.377 e. The number of hydrogen-bond donors (Lipinski definition) is 4. The second kappa shape index (κ2) is 2.21. The Hall–Kier alpha value is -0.460. The van der Waals surface area contributed by atoms with E-state index in [9.17, 15) is 0 Å². The van der Waals surface area contributed by atoms with Gasteiger partial charge in [0.1, 0.15) is 6.73 Å². The maximum atomic E-state index is 8.45. The fourth-order valence-electron chi connectivity index (χ4n) is 0.318. The molecule has 1 heterocycles. The topological polar surface area (TPSA) is 59.9 Å². The summed E-state index contributed by atoms with van der Waals surface area (Å²) in [5, 5.41) is 13.2. The molecule has 8 heavy (non-hydrogen) atoms. The van der Waals surface area contributed by atoms with Crippen molar-refractivity contribution in [3.05, 3.63) is 0 Å². The van der Waals surface area contributed by atoms with Crippen LogP contribution in [0.15, 0.2) is 5.10 Å². The smallest absolute Gasteiger partial charge is 0.194 e. The molecule has 1 rings (SSSR count). The number of hydrogen-bond acceptors (Lipinski definition) is 5. The van der Waals surface area contributed by atoms with Gasteiger partial charge in [-0.25, -0.2) is 5.53 Å². The summed E-state index contributed by atoms with van der Waals surface area (Å²) in [7, 11) is 0. The van der Waals surface area contributed by atoms with Gasteiger partial charge >= 0.3 is 0 Å². The molecule has 0 atom stereocenters. The molecular formula is C2H6N4OS. The minimum Gasteiger partial charge on any atom is -0.377 e. The zero-order valence-corrected chi connectivity index (χ0v) is 4.84. The van der Waals surface area contributed by atoms with Crippen molar-refractivity contribution in [2.75, 3.05) is 6.73 Å². The molecule has 0 amide bonds. The van der Waals surface area contributed by atoms with Gasteiger partial charge in [-0.1, -0.05) is 5.12 Å². The molecule has 5 nitrogen and oxygen atoms in total. The van der Waals surface area contributed by atoms with Crippen molar-refractivity contribution in [3.8, 4) is 0 Å². The van der Waals surface area contributed by atoms with Crippen molar-refractivity contribution in [1.82, 2.24) is 16.1 Å². The molecule has 46 valence electrons. The SMILES string of the molecule is [2H]N1C(S)=NNN1CO. The Kier molecular flexibility index (Phi) is 1.22. The highest BCUT2D eigenvalue weighted by atomic mass is 32.1. The number of hydrazone groups is 1. The fraction of sp³-hybridized carbons (Fsp3) is 0.500. The summed E-state index contributed by atoms with van der Waals surface area (Å²) < 4.78 is 7.02. The van der Waals surface area contributed by atoms with E-state index in [2.05, 4.69) is 23.3 Å². The van der Waals surface area contributed by atoms with E-state index >= 15 is 0 Å². The lowest BCUT2D eigenvalue weighted by atomic mass is 11.2. The van der Waals surface area contributed by atoms with Crippen LogP contribution in [0.4, 0.5) is 0 Å². The standard InChI is InChI=1S/C2H6N4OS/c7-1-6-4-2(8)3-5-6/h5,7H,1H2,(H2,3,4,8)/i/hD. The van der Waals surface area contributed by atoms with Crippen molar-refractivity contribution < 1.29 is 6.52 Å². The Balaban J connectivity index is 2.51. The van der Waals surface area contributed by atoms with Crippen molar-refractivity contribution in [3.63, 3.8) is 0 Å². The average Bonchev–Trinajstić information content (AvgIpc) is 2.15. The normalized spacial score (nSPS) is 22.5. The van der Waals surface area contributed by atoms with Gasteiger partial charge < -0.3 is 5.11 Å². The lowest BCUT2D eigenvalue weighted by Gasteiger charge is -2.09. The van der Waals surface area contributed by atoms with E-state index in [4.69, 9.17) is 6.52 Å². The zero-order valence-electron chi connectivity index (χ0n) is 4.94. The van der Waals surface area contributed by atoms with Crippen LogP contribution >= 0.6 is 12.6 Å². The summed E-state index contributed by atoms with van der Waals surface area (Å²) in [5.74, 6) is 0. The quantitative estimate of drug-likeness (QED) is 0.329. The maximum absolute atomic E-state index is 8.45. The minimum atomic E-state index is -0.308. The van der Waals surface area contributed by atoms with Gasteiger partial charge in [0.05, 0.1) is 0 Å². The van der Waals surface area contributed by atoms with E-state index < -0.39 is 0 Å². The van der Waals surface area contributed by atoms with E-state index in [-0.39, 0.29) is 11.9 Å². The predicted molar refractivity (Wildman–Crippen MR) is 31.6 cm³/mol. The third-order valence-electron chi connectivity index (χ3n) is 0.610. The Bertz CT molecular complexity index is 141. The van der Waals surface area contributed by atoms with Crippen LogP contribution < -0.4 is 11.0 Å². The van der Waals surface area contributed by atoms with Crippen LogP contribution in [-0.2, 0) is 0 Å². The summed E-state index contributed by atoms with van der Waals surface area (Å²) in [6.07, 6.45) is 0. The van der Waals surface area contributed by atoms with Crippen molar-refractivity contribution in [2.45, 2.75) is 0 Å². The first-order chi connectivity index (χ1) is 4.25. The summed E-state index contributed by atoms with van der Waals surface area (Å²) >= 11 is 3.77. The molecule has 1 aliphatic rings. The molecule has 1 aliphatic heterocycles. The highest BCUT2D eigenvalue weighted by Gasteiger charge is 2.07. The van der Waals surface area contributed by atoms with Crippen LogP contribution in [0.3, 0.4) is 0 Å². The van der Waals surface area contributed by atoms with Gasteiger partial charge in [0.2, 0.25) is 0 Å². The van der Waals surface area contributed by atoms with Crippen molar-refractivity contribution in [1.29, 1.82) is 0 Å². The number of hydrazine groups is 2. The van der Waals surface area contributed by atoms with Crippen LogP contribution in [0.5, 0.6) is 0 Å². The number of nitrogens with zero attached hydrogens (tertiary/aromatic N) is 2. The first kappa shape index (κ1) is 4.42. The second-order valence-electron chi connectivity index (χ2n) is 1.15. The molecule has 0 aromatic rings. The molecule has 0 aromatic carbocycles. The van der Waals surface area contributed by atoms with Gasteiger partial charge in [-0.3, -0.25) is 5.42 Å². The lowest BCUT2D eigenvalue weighted by Crippen LogP contribution is -2.40. The van der Waals surface area contributed by atoms with Crippen LogP contribution in [-0.4, -0.2) is 22.1 Å². The molecule has 0 aliphatic carbocycles. The third kappa shape index (κ3) is 1.03. The first-order valence-electron chi connectivity index (χ1n) is 2.40. The van der Waals surface area contributed by atoms with E-state index in [0.717, 1.165) is 10.5 Å².